The van der Waals surface area contributed by atoms with Crippen molar-refractivity contribution in [2.75, 3.05) is 12.8 Å². The van der Waals surface area contributed by atoms with Gasteiger partial charge in [0.25, 0.3) is 0 Å². The number of nitrogens with zero attached hydrogens (tertiary/aromatic N) is 1. The van der Waals surface area contributed by atoms with E-state index in [1.165, 1.54) is 0 Å². The average molecular weight is 419 g/mol. The Morgan fingerprint density at radius 3 is 2.43 bits per heavy atom. The van der Waals surface area contributed by atoms with Crippen LogP contribution in [0.3, 0.4) is 0 Å². The maximum absolute atomic E-state index is 13.0. The molecular weight excluding hydrogens is 392 g/mol. The third-order valence-corrected chi connectivity index (χ3v) is 5.88. The molecule has 1 N–H and O–H groups in total. The minimum atomic E-state index is -0.478. The summed E-state index contributed by atoms with van der Waals surface area (Å²) in [5.41, 5.74) is 3.28. The van der Waals surface area contributed by atoms with E-state index < -0.39 is 6.04 Å². The van der Waals surface area contributed by atoms with Gasteiger partial charge in [-0.15, -0.1) is 11.8 Å². The number of rotatable bonds is 9. The lowest BCUT2D eigenvalue weighted by Gasteiger charge is -2.30. The Bertz CT molecular complexity index is 795. The number of thioether (sulfide) groups is 1. The molecule has 1 atom stereocenters. The maximum atomic E-state index is 13.0. The SMILES string of the molecule is CCC(C(=O)NC)N(Cc1ccccc1C)C(=O)CSCc1ccc(Cl)cc1. The van der Waals surface area contributed by atoms with Crippen molar-refractivity contribution in [2.24, 2.45) is 0 Å². The first kappa shape index (κ1) is 22.3. The van der Waals surface area contributed by atoms with Crippen LogP contribution in [-0.2, 0) is 21.9 Å². The third-order valence-electron chi connectivity index (χ3n) is 4.64. The Hall–Kier alpha value is -1.98. The van der Waals surface area contributed by atoms with Crippen LogP contribution in [0.2, 0.25) is 5.02 Å². The number of hydrogen-bond donors (Lipinski definition) is 1. The number of amides is 2. The van der Waals surface area contributed by atoms with Crippen molar-refractivity contribution in [2.45, 2.75) is 38.6 Å². The van der Waals surface area contributed by atoms with Crippen LogP contribution in [0.5, 0.6) is 0 Å². The van der Waals surface area contributed by atoms with Crippen molar-refractivity contribution >= 4 is 35.2 Å². The van der Waals surface area contributed by atoms with Crippen LogP contribution in [0.1, 0.15) is 30.0 Å². The topological polar surface area (TPSA) is 49.4 Å². The zero-order chi connectivity index (χ0) is 20.5. The van der Waals surface area contributed by atoms with Crippen molar-refractivity contribution in [3.63, 3.8) is 0 Å². The molecule has 0 fully saturated rings. The first-order chi connectivity index (χ1) is 13.5. The van der Waals surface area contributed by atoms with Crippen molar-refractivity contribution in [3.05, 3.63) is 70.2 Å². The summed E-state index contributed by atoms with van der Waals surface area (Å²) in [6.45, 7) is 4.38. The molecule has 2 aromatic rings. The fourth-order valence-electron chi connectivity index (χ4n) is 2.98. The minimum absolute atomic E-state index is 0.0299. The third kappa shape index (κ3) is 6.28. The molecule has 0 saturated heterocycles. The monoisotopic (exact) mass is 418 g/mol. The summed E-state index contributed by atoms with van der Waals surface area (Å²) in [6, 6.07) is 15.1. The molecule has 0 aromatic heterocycles. The molecule has 0 radical (unpaired) electrons. The summed E-state index contributed by atoms with van der Waals surface area (Å²) in [4.78, 5) is 27.1. The quantitative estimate of drug-likeness (QED) is 0.655. The van der Waals surface area contributed by atoms with Gasteiger partial charge in [0.05, 0.1) is 5.75 Å². The Labute approximate surface area is 176 Å². The molecule has 28 heavy (non-hydrogen) atoms. The Kier molecular flexibility index (Phi) is 8.87. The Balaban J connectivity index is 2.10. The molecule has 1 unspecified atom stereocenters. The lowest BCUT2D eigenvalue weighted by molar-refractivity contribution is -0.139. The van der Waals surface area contributed by atoms with E-state index in [4.69, 9.17) is 11.6 Å². The lowest BCUT2D eigenvalue weighted by atomic mass is 10.1. The zero-order valence-electron chi connectivity index (χ0n) is 16.6. The fourth-order valence-corrected chi connectivity index (χ4v) is 3.97. The van der Waals surface area contributed by atoms with Crippen LogP contribution in [0.15, 0.2) is 48.5 Å². The van der Waals surface area contributed by atoms with Gasteiger partial charge in [0.15, 0.2) is 0 Å². The Morgan fingerprint density at radius 1 is 1.14 bits per heavy atom. The van der Waals surface area contributed by atoms with Crippen molar-refractivity contribution in [1.82, 2.24) is 10.2 Å². The number of nitrogens with one attached hydrogen (secondary N) is 1. The molecule has 4 nitrogen and oxygen atoms in total. The standard InChI is InChI=1S/C22H27ClN2O2S/c1-4-20(22(27)24-3)25(13-18-8-6-5-7-16(18)2)21(26)15-28-14-17-9-11-19(23)12-10-17/h5-12,20H,4,13-15H2,1-3H3,(H,24,27). The summed E-state index contributed by atoms with van der Waals surface area (Å²) in [5, 5.41) is 3.39. The van der Waals surface area contributed by atoms with E-state index in [1.54, 1.807) is 23.7 Å². The number of likely N-dealkylation sites (N-methyl/N-ethyl adjacent to an activating group) is 1. The van der Waals surface area contributed by atoms with Crippen LogP contribution >= 0.6 is 23.4 Å². The number of benzene rings is 2. The molecule has 150 valence electrons. The molecule has 0 aliphatic rings. The van der Waals surface area contributed by atoms with Gasteiger partial charge in [0.1, 0.15) is 6.04 Å². The summed E-state index contributed by atoms with van der Waals surface area (Å²) >= 11 is 7.46. The second-order valence-corrected chi connectivity index (χ2v) is 8.03. The van der Waals surface area contributed by atoms with Gasteiger partial charge in [-0.05, 0) is 42.2 Å². The fraction of sp³-hybridized carbons (Fsp3) is 0.364. The van der Waals surface area contributed by atoms with E-state index >= 15 is 0 Å². The maximum Gasteiger partial charge on any atom is 0.242 e. The van der Waals surface area contributed by atoms with E-state index in [-0.39, 0.29) is 11.8 Å². The van der Waals surface area contributed by atoms with E-state index in [2.05, 4.69) is 5.32 Å². The van der Waals surface area contributed by atoms with Gasteiger partial charge in [-0.2, -0.15) is 0 Å². The normalized spacial score (nSPS) is 11.7. The number of carbonyl (C=O) groups excluding carboxylic acids is 2. The van der Waals surface area contributed by atoms with Gasteiger partial charge in [0, 0.05) is 24.4 Å². The second-order valence-electron chi connectivity index (χ2n) is 6.61. The molecule has 6 heteroatoms. The summed E-state index contributed by atoms with van der Waals surface area (Å²) in [7, 11) is 1.61. The number of carbonyl (C=O) groups is 2. The molecule has 0 heterocycles. The van der Waals surface area contributed by atoms with Gasteiger partial charge in [-0.25, -0.2) is 0 Å². The highest BCUT2D eigenvalue weighted by atomic mass is 35.5. The van der Waals surface area contributed by atoms with Gasteiger partial charge >= 0.3 is 0 Å². The smallest absolute Gasteiger partial charge is 0.242 e. The molecule has 0 aliphatic carbocycles. The number of halogens is 1. The van der Waals surface area contributed by atoms with E-state index in [0.717, 1.165) is 22.4 Å². The number of hydrogen-bond acceptors (Lipinski definition) is 3. The largest absolute Gasteiger partial charge is 0.357 e. The van der Waals surface area contributed by atoms with Gasteiger partial charge in [-0.3, -0.25) is 9.59 Å². The van der Waals surface area contributed by atoms with Crippen LogP contribution in [0.4, 0.5) is 0 Å². The van der Waals surface area contributed by atoms with Crippen molar-refractivity contribution in [3.8, 4) is 0 Å². The van der Waals surface area contributed by atoms with Crippen LogP contribution in [-0.4, -0.2) is 35.6 Å². The molecule has 0 saturated carbocycles. The first-order valence-corrected chi connectivity index (χ1v) is 10.9. The van der Waals surface area contributed by atoms with Crippen LogP contribution in [0.25, 0.3) is 0 Å². The first-order valence-electron chi connectivity index (χ1n) is 9.34. The highest BCUT2D eigenvalue weighted by Crippen LogP contribution is 2.19. The minimum Gasteiger partial charge on any atom is -0.357 e. The highest BCUT2D eigenvalue weighted by Gasteiger charge is 2.28. The Morgan fingerprint density at radius 2 is 1.82 bits per heavy atom. The molecule has 2 aromatic carbocycles. The van der Waals surface area contributed by atoms with E-state index in [0.29, 0.717) is 23.7 Å². The van der Waals surface area contributed by atoms with Gasteiger partial charge in [-0.1, -0.05) is 54.9 Å². The lowest BCUT2D eigenvalue weighted by Crippen LogP contribution is -2.48. The molecule has 2 amide bonds. The summed E-state index contributed by atoms with van der Waals surface area (Å²) < 4.78 is 0. The average Bonchev–Trinajstić information content (AvgIpc) is 2.70. The van der Waals surface area contributed by atoms with Crippen molar-refractivity contribution in [1.29, 1.82) is 0 Å². The molecule has 2 rings (SSSR count). The second kappa shape index (κ2) is 11.1. The highest BCUT2D eigenvalue weighted by molar-refractivity contribution is 7.99. The van der Waals surface area contributed by atoms with Crippen LogP contribution < -0.4 is 5.32 Å². The summed E-state index contributed by atoms with van der Waals surface area (Å²) in [5.74, 6) is 0.879. The molecule has 0 spiro atoms. The van der Waals surface area contributed by atoms with Gasteiger partial charge in [0.2, 0.25) is 11.8 Å². The van der Waals surface area contributed by atoms with E-state index in [9.17, 15) is 9.59 Å². The molecule has 0 bridgehead atoms. The zero-order valence-corrected chi connectivity index (χ0v) is 18.1. The molecule has 0 aliphatic heterocycles. The van der Waals surface area contributed by atoms with Gasteiger partial charge < -0.3 is 10.2 Å². The molecular formula is C22H27ClN2O2S. The number of aryl methyl sites for hydroxylation is 1. The van der Waals surface area contributed by atoms with E-state index in [1.807, 2.05) is 62.4 Å². The predicted octanol–water partition coefficient (Wildman–Crippen LogP) is 4.44. The van der Waals surface area contributed by atoms with Crippen molar-refractivity contribution < 1.29 is 9.59 Å². The predicted molar refractivity (Wildman–Crippen MR) is 117 cm³/mol. The van der Waals surface area contributed by atoms with Crippen LogP contribution in [0, 0.1) is 6.92 Å². The summed E-state index contributed by atoms with van der Waals surface area (Å²) in [6.07, 6.45) is 0.569.